The molecule has 154 valence electrons. The molecular weight excluding hydrogens is 393 g/mol. The van der Waals surface area contributed by atoms with Crippen molar-refractivity contribution in [2.75, 3.05) is 37.6 Å². The second kappa shape index (κ2) is 8.18. The maximum atomic E-state index is 14.7. The van der Waals surface area contributed by atoms with E-state index >= 15 is 0 Å². The predicted octanol–water partition coefficient (Wildman–Crippen LogP) is 3.39. The number of imide groups is 1. The summed E-state index contributed by atoms with van der Waals surface area (Å²) in [7, 11) is 0. The lowest BCUT2D eigenvalue weighted by molar-refractivity contribution is -0.135. The van der Waals surface area contributed by atoms with Gasteiger partial charge < -0.3 is 9.80 Å². The van der Waals surface area contributed by atoms with E-state index in [1.165, 1.54) is 6.07 Å². The fourth-order valence-electron chi connectivity index (χ4n) is 4.02. The van der Waals surface area contributed by atoms with Gasteiger partial charge in [-0.1, -0.05) is 0 Å². The van der Waals surface area contributed by atoms with E-state index in [-0.39, 0.29) is 23.2 Å². The molecule has 0 aromatic heterocycles. The molecule has 0 atom stereocenters. The molecule has 8 heteroatoms. The minimum Gasteiger partial charge on any atom is -0.369 e. The van der Waals surface area contributed by atoms with Crippen molar-refractivity contribution in [1.29, 1.82) is 0 Å². The van der Waals surface area contributed by atoms with Crippen molar-refractivity contribution in [1.82, 2.24) is 9.80 Å². The van der Waals surface area contributed by atoms with E-state index in [0.717, 1.165) is 61.0 Å². The highest BCUT2D eigenvalue weighted by molar-refractivity contribution is 8.18. The van der Waals surface area contributed by atoms with Gasteiger partial charge in [-0.25, -0.2) is 4.39 Å². The van der Waals surface area contributed by atoms with Gasteiger partial charge in [0.1, 0.15) is 12.4 Å². The molecular formula is C21H24FN3O3S. The summed E-state index contributed by atoms with van der Waals surface area (Å²) in [4.78, 5) is 42.2. The van der Waals surface area contributed by atoms with E-state index in [0.29, 0.717) is 24.3 Å². The van der Waals surface area contributed by atoms with Crippen molar-refractivity contribution in [3.8, 4) is 0 Å². The molecule has 29 heavy (non-hydrogen) atoms. The van der Waals surface area contributed by atoms with Gasteiger partial charge in [0.25, 0.3) is 11.1 Å². The number of carbonyl (C=O) groups is 3. The first-order chi connectivity index (χ1) is 13.9. The smallest absolute Gasteiger partial charge is 0.294 e. The summed E-state index contributed by atoms with van der Waals surface area (Å²) in [5.41, 5.74) is 2.00. The molecule has 1 aromatic carbocycles. The van der Waals surface area contributed by atoms with Crippen molar-refractivity contribution >= 4 is 40.6 Å². The molecule has 6 nitrogen and oxygen atoms in total. The first kappa shape index (κ1) is 19.9. The highest BCUT2D eigenvalue weighted by atomic mass is 32.2. The van der Waals surface area contributed by atoms with Gasteiger partial charge in [0.15, 0.2) is 0 Å². The molecule has 3 amide bonds. The van der Waals surface area contributed by atoms with Crippen molar-refractivity contribution < 1.29 is 18.8 Å². The van der Waals surface area contributed by atoms with E-state index in [4.69, 9.17) is 0 Å². The summed E-state index contributed by atoms with van der Waals surface area (Å²) < 4.78 is 14.7. The number of aryl methyl sites for hydroxylation is 1. The van der Waals surface area contributed by atoms with Crippen molar-refractivity contribution in [2.45, 2.75) is 32.6 Å². The Morgan fingerprint density at radius 1 is 1.10 bits per heavy atom. The third kappa shape index (κ3) is 4.03. The molecule has 0 bridgehead atoms. The fourth-order valence-corrected chi connectivity index (χ4v) is 4.85. The number of likely N-dealkylation sites (tertiary alicyclic amines) is 1. The number of hydrogen-bond acceptors (Lipinski definition) is 5. The molecule has 3 aliphatic rings. The first-order valence-electron chi connectivity index (χ1n) is 10.0. The molecule has 0 unspecified atom stereocenters. The van der Waals surface area contributed by atoms with Crippen LogP contribution in [0.25, 0.3) is 6.08 Å². The van der Waals surface area contributed by atoms with Crippen LogP contribution >= 0.6 is 11.8 Å². The molecule has 3 aliphatic heterocycles. The minimum atomic E-state index is -0.490. The van der Waals surface area contributed by atoms with Crippen molar-refractivity contribution in [3.63, 3.8) is 0 Å². The third-order valence-corrected chi connectivity index (χ3v) is 6.60. The molecule has 4 rings (SSSR count). The molecule has 3 saturated heterocycles. The number of hydrogen-bond donors (Lipinski definition) is 0. The largest absolute Gasteiger partial charge is 0.369 e. The Morgan fingerprint density at radius 3 is 2.45 bits per heavy atom. The number of anilines is 1. The summed E-state index contributed by atoms with van der Waals surface area (Å²) in [5, 5.41) is -0.458. The molecule has 0 aliphatic carbocycles. The van der Waals surface area contributed by atoms with Crippen LogP contribution in [0.3, 0.4) is 0 Å². The second-order valence-corrected chi connectivity index (χ2v) is 8.70. The second-order valence-electron chi connectivity index (χ2n) is 7.71. The Balaban J connectivity index is 1.52. The standard InChI is InChI=1S/C21H24FN3O3S/c1-14-10-17(23-6-2-3-7-23)16(22)11-15(14)12-18-20(27)25(21(28)29-18)13-19(26)24-8-4-5-9-24/h10-12H,2-9,13H2,1H3. The topological polar surface area (TPSA) is 60.9 Å². The van der Waals surface area contributed by atoms with Crippen LogP contribution in [0, 0.1) is 12.7 Å². The molecule has 3 heterocycles. The number of halogens is 1. The van der Waals surface area contributed by atoms with Crippen LogP contribution in [0.1, 0.15) is 36.8 Å². The number of nitrogens with zero attached hydrogens (tertiary/aromatic N) is 3. The van der Waals surface area contributed by atoms with E-state index in [2.05, 4.69) is 0 Å². The zero-order valence-electron chi connectivity index (χ0n) is 16.4. The maximum Gasteiger partial charge on any atom is 0.294 e. The number of benzene rings is 1. The summed E-state index contributed by atoms with van der Waals surface area (Å²) in [6.07, 6.45) is 5.57. The molecule has 0 spiro atoms. The lowest BCUT2D eigenvalue weighted by atomic mass is 10.1. The SMILES string of the molecule is Cc1cc(N2CCCC2)c(F)cc1C=C1SC(=O)N(CC(=O)N2CCCC2)C1=O. The predicted molar refractivity (Wildman–Crippen MR) is 111 cm³/mol. The molecule has 0 radical (unpaired) electrons. The Morgan fingerprint density at radius 2 is 1.76 bits per heavy atom. The van der Waals surface area contributed by atoms with Crippen LogP contribution in [-0.4, -0.2) is 59.6 Å². The zero-order valence-corrected chi connectivity index (χ0v) is 17.3. The van der Waals surface area contributed by atoms with Gasteiger partial charge in [-0.05, 0) is 73.7 Å². The van der Waals surface area contributed by atoms with E-state index in [9.17, 15) is 18.8 Å². The fraction of sp³-hybridized carbons (Fsp3) is 0.476. The van der Waals surface area contributed by atoms with E-state index < -0.39 is 11.1 Å². The van der Waals surface area contributed by atoms with Gasteiger partial charge in [-0.2, -0.15) is 0 Å². The molecule has 0 N–H and O–H groups in total. The van der Waals surface area contributed by atoms with Gasteiger partial charge in [-0.3, -0.25) is 19.3 Å². The third-order valence-electron chi connectivity index (χ3n) is 5.69. The van der Waals surface area contributed by atoms with Crippen LogP contribution in [0.2, 0.25) is 0 Å². The van der Waals surface area contributed by atoms with Crippen molar-refractivity contribution in [3.05, 3.63) is 34.0 Å². The summed E-state index contributed by atoms with van der Waals surface area (Å²) in [5.74, 6) is -1.02. The van der Waals surface area contributed by atoms with Crippen LogP contribution in [-0.2, 0) is 9.59 Å². The number of amides is 3. The van der Waals surface area contributed by atoms with Gasteiger partial charge in [0, 0.05) is 26.2 Å². The maximum absolute atomic E-state index is 14.7. The quantitative estimate of drug-likeness (QED) is 0.703. The number of thioether (sulfide) groups is 1. The Bertz CT molecular complexity index is 889. The van der Waals surface area contributed by atoms with Crippen LogP contribution in [0.15, 0.2) is 17.0 Å². The number of carbonyl (C=O) groups excluding carboxylic acids is 3. The highest BCUT2D eigenvalue weighted by Crippen LogP contribution is 2.34. The lowest BCUT2D eigenvalue weighted by Crippen LogP contribution is -2.40. The Labute approximate surface area is 173 Å². The van der Waals surface area contributed by atoms with Gasteiger partial charge in [-0.15, -0.1) is 0 Å². The molecule has 1 aromatic rings. The summed E-state index contributed by atoms with van der Waals surface area (Å²) in [6, 6.07) is 3.22. The van der Waals surface area contributed by atoms with E-state index in [1.54, 1.807) is 17.0 Å². The molecule has 3 fully saturated rings. The average Bonchev–Trinajstić information content (AvgIpc) is 3.44. The highest BCUT2D eigenvalue weighted by Gasteiger charge is 2.37. The number of rotatable bonds is 4. The lowest BCUT2D eigenvalue weighted by Gasteiger charge is -2.20. The van der Waals surface area contributed by atoms with Crippen LogP contribution in [0.4, 0.5) is 14.9 Å². The Kier molecular flexibility index (Phi) is 5.63. The average molecular weight is 418 g/mol. The van der Waals surface area contributed by atoms with Gasteiger partial charge in [0.05, 0.1) is 10.6 Å². The van der Waals surface area contributed by atoms with Gasteiger partial charge >= 0.3 is 0 Å². The Hall–Kier alpha value is -2.35. The monoisotopic (exact) mass is 417 g/mol. The summed E-state index contributed by atoms with van der Waals surface area (Å²) >= 11 is 0.800. The normalized spacial score (nSPS) is 21.2. The summed E-state index contributed by atoms with van der Waals surface area (Å²) in [6.45, 7) is 4.67. The van der Waals surface area contributed by atoms with Crippen LogP contribution in [0.5, 0.6) is 0 Å². The molecule has 0 saturated carbocycles. The van der Waals surface area contributed by atoms with Crippen molar-refractivity contribution in [2.24, 2.45) is 0 Å². The zero-order chi connectivity index (χ0) is 20.5. The minimum absolute atomic E-state index is 0.205. The van der Waals surface area contributed by atoms with Gasteiger partial charge in [0.2, 0.25) is 5.91 Å². The van der Waals surface area contributed by atoms with Crippen LogP contribution < -0.4 is 4.90 Å². The van der Waals surface area contributed by atoms with E-state index in [1.807, 2.05) is 11.8 Å². The first-order valence-corrected chi connectivity index (χ1v) is 10.8.